The number of oxazole rings is 1. The maximum Gasteiger partial charge on any atom is 0.227 e. The van der Waals surface area contributed by atoms with E-state index < -0.39 is 0 Å². The number of rotatable bonds is 2. The first kappa shape index (κ1) is 11.7. The summed E-state index contributed by atoms with van der Waals surface area (Å²) in [7, 11) is 0. The Labute approximate surface area is 119 Å². The van der Waals surface area contributed by atoms with Crippen LogP contribution in [-0.4, -0.2) is 24.7 Å². The van der Waals surface area contributed by atoms with Crippen LogP contribution in [0, 0.1) is 0 Å². The Morgan fingerprint density at radius 1 is 1.05 bits per heavy atom. The molecular formula is C15H10N4O2. The minimum absolute atomic E-state index is 0.188. The van der Waals surface area contributed by atoms with Gasteiger partial charge in [-0.1, -0.05) is 12.1 Å². The van der Waals surface area contributed by atoms with E-state index in [4.69, 9.17) is 4.42 Å². The van der Waals surface area contributed by atoms with E-state index in [9.17, 15) is 5.11 Å². The second-order valence-corrected chi connectivity index (χ2v) is 4.56. The second kappa shape index (κ2) is 4.45. The molecule has 0 saturated heterocycles. The number of pyridine rings is 1. The largest absolute Gasteiger partial charge is 0.508 e. The first-order chi connectivity index (χ1) is 10.3. The Bertz CT molecular complexity index is 912. The van der Waals surface area contributed by atoms with Crippen molar-refractivity contribution >= 4 is 5.65 Å². The van der Waals surface area contributed by atoms with Crippen LogP contribution in [0.1, 0.15) is 0 Å². The molecule has 0 radical (unpaired) electrons. The first-order valence-electron chi connectivity index (χ1n) is 6.35. The van der Waals surface area contributed by atoms with Crippen molar-refractivity contribution in [1.29, 1.82) is 0 Å². The third-order valence-corrected chi connectivity index (χ3v) is 3.19. The molecule has 1 aromatic carbocycles. The zero-order valence-corrected chi connectivity index (χ0v) is 10.8. The molecule has 0 atom stereocenters. The number of fused-ring (bicyclic) bond motifs is 1. The van der Waals surface area contributed by atoms with Gasteiger partial charge in [-0.15, -0.1) is 10.2 Å². The number of benzene rings is 1. The van der Waals surface area contributed by atoms with Crippen LogP contribution in [-0.2, 0) is 0 Å². The van der Waals surface area contributed by atoms with Gasteiger partial charge in [0.05, 0.1) is 11.8 Å². The number of hydrogen-bond donors (Lipinski definition) is 1. The molecule has 1 N–H and O–H groups in total. The van der Waals surface area contributed by atoms with Gasteiger partial charge >= 0.3 is 0 Å². The molecule has 0 aliphatic heterocycles. The van der Waals surface area contributed by atoms with Crippen LogP contribution in [0.2, 0.25) is 0 Å². The normalized spacial score (nSPS) is 11.0. The van der Waals surface area contributed by atoms with Crippen LogP contribution in [0.5, 0.6) is 5.75 Å². The molecule has 6 nitrogen and oxygen atoms in total. The average Bonchev–Trinajstić information content (AvgIpc) is 3.16. The third kappa shape index (κ3) is 1.93. The van der Waals surface area contributed by atoms with Gasteiger partial charge in [-0.3, -0.25) is 4.40 Å². The zero-order valence-electron chi connectivity index (χ0n) is 10.8. The predicted octanol–water partition coefficient (Wildman–Crippen LogP) is 2.76. The fourth-order valence-electron chi connectivity index (χ4n) is 2.23. The molecule has 6 heteroatoms. The maximum absolute atomic E-state index is 9.61. The van der Waals surface area contributed by atoms with Gasteiger partial charge in [0.15, 0.2) is 11.5 Å². The summed E-state index contributed by atoms with van der Waals surface area (Å²) in [5.74, 6) is 1.37. The lowest BCUT2D eigenvalue weighted by molar-refractivity contribution is 0.475. The molecule has 0 spiro atoms. The molecule has 0 bridgehead atoms. The van der Waals surface area contributed by atoms with E-state index in [-0.39, 0.29) is 5.75 Å². The van der Waals surface area contributed by atoms with Gasteiger partial charge in [-0.25, -0.2) is 4.98 Å². The van der Waals surface area contributed by atoms with Crippen LogP contribution in [0.15, 0.2) is 59.5 Å². The van der Waals surface area contributed by atoms with E-state index in [0.717, 1.165) is 11.1 Å². The average molecular weight is 278 g/mol. The summed E-state index contributed by atoms with van der Waals surface area (Å²) in [6, 6.07) is 10.6. The molecule has 0 aliphatic carbocycles. The number of aromatic hydroxyl groups is 1. The number of hydrogen-bond acceptors (Lipinski definition) is 5. The van der Waals surface area contributed by atoms with Crippen molar-refractivity contribution in [3.05, 3.63) is 55.1 Å². The van der Waals surface area contributed by atoms with Crippen LogP contribution in [0.25, 0.3) is 28.5 Å². The van der Waals surface area contributed by atoms with Crippen molar-refractivity contribution in [2.24, 2.45) is 0 Å². The van der Waals surface area contributed by atoms with Gasteiger partial charge in [0.1, 0.15) is 12.0 Å². The smallest absolute Gasteiger partial charge is 0.227 e. The number of phenolic OH excluding ortho intramolecular Hbond substituents is 1. The van der Waals surface area contributed by atoms with Crippen molar-refractivity contribution in [2.45, 2.75) is 0 Å². The summed E-state index contributed by atoms with van der Waals surface area (Å²) in [6.45, 7) is 0. The van der Waals surface area contributed by atoms with Crippen molar-refractivity contribution in [3.63, 3.8) is 0 Å². The zero-order chi connectivity index (χ0) is 14.2. The van der Waals surface area contributed by atoms with Gasteiger partial charge in [0.2, 0.25) is 5.89 Å². The SMILES string of the molecule is Oc1cccc(-c2nnc3ccc(-c4ncco4)cn23)c1. The standard InChI is InChI=1S/C15H10N4O2/c20-12-3-1-2-10(8-12)14-18-17-13-5-4-11(9-19(13)14)15-16-6-7-21-15/h1-9,20H. The van der Waals surface area contributed by atoms with Gasteiger partial charge in [-0.05, 0) is 24.3 Å². The highest BCUT2D eigenvalue weighted by molar-refractivity contribution is 5.64. The van der Waals surface area contributed by atoms with E-state index >= 15 is 0 Å². The molecule has 0 saturated carbocycles. The highest BCUT2D eigenvalue weighted by atomic mass is 16.3. The van der Waals surface area contributed by atoms with Crippen molar-refractivity contribution in [2.75, 3.05) is 0 Å². The van der Waals surface area contributed by atoms with E-state index in [2.05, 4.69) is 15.2 Å². The molecule has 4 rings (SSSR count). The molecule has 3 heterocycles. The molecule has 0 unspecified atom stereocenters. The molecule has 21 heavy (non-hydrogen) atoms. The summed E-state index contributed by atoms with van der Waals surface area (Å²) in [5, 5.41) is 17.9. The lowest BCUT2D eigenvalue weighted by atomic mass is 10.2. The van der Waals surface area contributed by atoms with E-state index in [0.29, 0.717) is 17.4 Å². The molecular weight excluding hydrogens is 268 g/mol. The van der Waals surface area contributed by atoms with Gasteiger partial charge in [-0.2, -0.15) is 0 Å². The second-order valence-electron chi connectivity index (χ2n) is 4.56. The molecule has 102 valence electrons. The Hall–Kier alpha value is -3.15. The topological polar surface area (TPSA) is 76.5 Å². The van der Waals surface area contributed by atoms with Crippen LogP contribution >= 0.6 is 0 Å². The summed E-state index contributed by atoms with van der Waals surface area (Å²) >= 11 is 0. The Balaban J connectivity index is 1.92. The molecule has 4 aromatic rings. The number of aromatic nitrogens is 4. The highest BCUT2D eigenvalue weighted by Gasteiger charge is 2.11. The Morgan fingerprint density at radius 2 is 2.00 bits per heavy atom. The van der Waals surface area contributed by atoms with E-state index in [1.165, 1.54) is 6.26 Å². The Morgan fingerprint density at radius 3 is 2.81 bits per heavy atom. The maximum atomic E-state index is 9.61. The summed E-state index contributed by atoms with van der Waals surface area (Å²) in [4.78, 5) is 4.13. The van der Waals surface area contributed by atoms with Crippen LogP contribution in [0.4, 0.5) is 0 Å². The minimum Gasteiger partial charge on any atom is -0.508 e. The quantitative estimate of drug-likeness (QED) is 0.610. The third-order valence-electron chi connectivity index (χ3n) is 3.19. The fourth-order valence-corrected chi connectivity index (χ4v) is 2.23. The molecule has 0 aliphatic rings. The van der Waals surface area contributed by atoms with Crippen LogP contribution < -0.4 is 0 Å². The predicted molar refractivity (Wildman–Crippen MR) is 75.6 cm³/mol. The summed E-state index contributed by atoms with van der Waals surface area (Å²) in [6.07, 6.45) is 4.99. The Kier molecular flexibility index (Phi) is 2.47. The number of phenols is 1. The van der Waals surface area contributed by atoms with Crippen molar-refractivity contribution in [1.82, 2.24) is 19.6 Å². The first-order valence-corrected chi connectivity index (χ1v) is 6.35. The molecule has 3 aromatic heterocycles. The fraction of sp³-hybridized carbons (Fsp3) is 0. The van der Waals surface area contributed by atoms with Gasteiger partial charge < -0.3 is 9.52 Å². The van der Waals surface area contributed by atoms with Crippen molar-refractivity contribution < 1.29 is 9.52 Å². The molecule has 0 amide bonds. The lowest BCUT2D eigenvalue weighted by Gasteiger charge is -2.02. The summed E-state index contributed by atoms with van der Waals surface area (Å²) < 4.78 is 7.15. The van der Waals surface area contributed by atoms with E-state index in [1.54, 1.807) is 24.4 Å². The van der Waals surface area contributed by atoms with Crippen LogP contribution in [0.3, 0.4) is 0 Å². The number of nitrogens with zero attached hydrogens (tertiary/aromatic N) is 4. The van der Waals surface area contributed by atoms with E-state index in [1.807, 2.05) is 28.8 Å². The molecule has 0 fully saturated rings. The lowest BCUT2D eigenvalue weighted by Crippen LogP contribution is -1.91. The van der Waals surface area contributed by atoms with Gasteiger partial charge in [0.25, 0.3) is 0 Å². The van der Waals surface area contributed by atoms with Crippen molar-refractivity contribution in [3.8, 4) is 28.6 Å². The monoisotopic (exact) mass is 278 g/mol. The highest BCUT2D eigenvalue weighted by Crippen LogP contribution is 2.24. The minimum atomic E-state index is 0.188. The summed E-state index contributed by atoms with van der Waals surface area (Å²) in [5.41, 5.74) is 2.32. The van der Waals surface area contributed by atoms with Gasteiger partial charge in [0, 0.05) is 11.8 Å².